The summed E-state index contributed by atoms with van der Waals surface area (Å²) < 4.78 is 14.1. The molecule has 0 bridgehead atoms. The molecule has 0 spiro atoms. The fourth-order valence-corrected chi connectivity index (χ4v) is 3.23. The quantitative estimate of drug-likeness (QED) is 0.650. The average molecular weight is 263 g/mol. The predicted molar refractivity (Wildman–Crippen MR) is 81.2 cm³/mol. The maximum absolute atomic E-state index is 14.1. The Bertz CT molecular complexity index is 826. The minimum absolute atomic E-state index is 0.224. The summed E-state index contributed by atoms with van der Waals surface area (Å²) in [7, 11) is 0. The predicted octanol–water partition coefficient (Wildman–Crippen LogP) is 4.33. The molecule has 3 aromatic rings. The van der Waals surface area contributed by atoms with Gasteiger partial charge in [-0.3, -0.25) is 0 Å². The summed E-state index contributed by atoms with van der Waals surface area (Å²) in [6, 6.07) is 15.2. The molecule has 0 amide bonds. The summed E-state index contributed by atoms with van der Waals surface area (Å²) in [6.45, 7) is 0. The number of nitrogens with two attached hydrogens (primary N) is 1. The SMILES string of the molecule is Nc1ccc(F)c(-c2ccc3c4c(cccc24)CC3)c1. The van der Waals surface area contributed by atoms with Crippen molar-refractivity contribution in [1.29, 1.82) is 0 Å². The van der Waals surface area contributed by atoms with Crippen molar-refractivity contribution < 1.29 is 4.39 Å². The van der Waals surface area contributed by atoms with Crippen LogP contribution in [0.2, 0.25) is 0 Å². The number of halogens is 1. The summed E-state index contributed by atoms with van der Waals surface area (Å²) in [4.78, 5) is 0. The fourth-order valence-electron chi connectivity index (χ4n) is 3.23. The molecule has 0 atom stereocenters. The van der Waals surface area contributed by atoms with Crippen molar-refractivity contribution in [3.05, 3.63) is 65.5 Å². The molecule has 1 aliphatic carbocycles. The highest BCUT2D eigenvalue weighted by Gasteiger charge is 2.17. The third kappa shape index (κ3) is 1.54. The summed E-state index contributed by atoms with van der Waals surface area (Å²) in [5, 5.41) is 2.42. The Hall–Kier alpha value is -2.35. The van der Waals surface area contributed by atoms with Gasteiger partial charge < -0.3 is 5.73 Å². The normalized spacial score (nSPS) is 13.1. The number of rotatable bonds is 1. The van der Waals surface area contributed by atoms with Gasteiger partial charge in [0.2, 0.25) is 0 Å². The lowest BCUT2D eigenvalue weighted by atomic mass is 9.95. The van der Waals surface area contributed by atoms with Crippen LogP contribution in [0.25, 0.3) is 21.9 Å². The third-order valence-corrected chi connectivity index (χ3v) is 4.16. The second kappa shape index (κ2) is 4.07. The first-order valence-corrected chi connectivity index (χ1v) is 6.83. The zero-order valence-electron chi connectivity index (χ0n) is 11.0. The van der Waals surface area contributed by atoms with Gasteiger partial charge in [0, 0.05) is 11.3 Å². The van der Waals surface area contributed by atoms with E-state index in [4.69, 9.17) is 5.73 Å². The Kier molecular flexibility index (Phi) is 2.34. The lowest BCUT2D eigenvalue weighted by Gasteiger charge is -2.10. The van der Waals surface area contributed by atoms with Crippen molar-refractivity contribution in [2.45, 2.75) is 12.8 Å². The fraction of sp³-hybridized carbons (Fsp3) is 0.111. The van der Waals surface area contributed by atoms with Crippen LogP contribution in [0.4, 0.5) is 10.1 Å². The van der Waals surface area contributed by atoms with Gasteiger partial charge in [-0.1, -0.05) is 30.3 Å². The summed E-state index contributed by atoms with van der Waals surface area (Å²) in [5.41, 5.74) is 10.6. The maximum Gasteiger partial charge on any atom is 0.131 e. The largest absolute Gasteiger partial charge is 0.399 e. The van der Waals surface area contributed by atoms with Gasteiger partial charge in [-0.05, 0) is 58.5 Å². The maximum atomic E-state index is 14.1. The Labute approximate surface area is 116 Å². The van der Waals surface area contributed by atoms with E-state index in [1.807, 2.05) is 6.07 Å². The van der Waals surface area contributed by atoms with Crippen LogP contribution in [0.15, 0.2) is 48.5 Å². The van der Waals surface area contributed by atoms with Crippen molar-refractivity contribution in [2.75, 3.05) is 5.73 Å². The zero-order chi connectivity index (χ0) is 13.7. The molecule has 2 N–H and O–H groups in total. The van der Waals surface area contributed by atoms with Crippen LogP contribution in [0, 0.1) is 5.82 Å². The molecular weight excluding hydrogens is 249 g/mol. The van der Waals surface area contributed by atoms with Gasteiger partial charge >= 0.3 is 0 Å². The molecule has 98 valence electrons. The molecule has 1 nitrogen and oxygen atoms in total. The van der Waals surface area contributed by atoms with Crippen LogP contribution in [0.5, 0.6) is 0 Å². The number of anilines is 1. The Morgan fingerprint density at radius 2 is 1.65 bits per heavy atom. The zero-order valence-corrected chi connectivity index (χ0v) is 11.0. The summed E-state index contributed by atoms with van der Waals surface area (Å²) in [6.07, 6.45) is 2.16. The second-order valence-corrected chi connectivity index (χ2v) is 5.35. The van der Waals surface area contributed by atoms with Crippen LogP contribution in [0.1, 0.15) is 11.1 Å². The molecule has 0 aromatic heterocycles. The summed E-state index contributed by atoms with van der Waals surface area (Å²) >= 11 is 0. The van der Waals surface area contributed by atoms with E-state index in [1.54, 1.807) is 12.1 Å². The van der Waals surface area contributed by atoms with Crippen LogP contribution in [0.3, 0.4) is 0 Å². The number of benzene rings is 3. The number of hydrogen-bond donors (Lipinski definition) is 1. The Morgan fingerprint density at radius 1 is 0.850 bits per heavy atom. The second-order valence-electron chi connectivity index (χ2n) is 5.35. The van der Waals surface area contributed by atoms with Crippen molar-refractivity contribution in [3.63, 3.8) is 0 Å². The molecule has 0 saturated heterocycles. The molecule has 0 heterocycles. The van der Waals surface area contributed by atoms with Crippen LogP contribution in [-0.4, -0.2) is 0 Å². The van der Waals surface area contributed by atoms with Crippen LogP contribution < -0.4 is 5.73 Å². The van der Waals surface area contributed by atoms with Crippen molar-refractivity contribution >= 4 is 16.5 Å². The molecule has 3 aromatic carbocycles. The minimum atomic E-state index is -0.224. The van der Waals surface area contributed by atoms with Crippen molar-refractivity contribution in [1.82, 2.24) is 0 Å². The van der Waals surface area contributed by atoms with E-state index in [-0.39, 0.29) is 5.82 Å². The van der Waals surface area contributed by atoms with E-state index >= 15 is 0 Å². The third-order valence-electron chi connectivity index (χ3n) is 4.16. The van der Waals surface area contributed by atoms with Crippen molar-refractivity contribution in [3.8, 4) is 11.1 Å². The molecule has 20 heavy (non-hydrogen) atoms. The van der Waals surface area contributed by atoms with Gasteiger partial charge in [-0.25, -0.2) is 4.39 Å². The van der Waals surface area contributed by atoms with E-state index in [2.05, 4.69) is 24.3 Å². The molecule has 0 fully saturated rings. The van der Waals surface area contributed by atoms with E-state index in [0.29, 0.717) is 11.3 Å². The van der Waals surface area contributed by atoms with Gasteiger partial charge in [0.15, 0.2) is 0 Å². The smallest absolute Gasteiger partial charge is 0.131 e. The van der Waals surface area contributed by atoms with E-state index in [9.17, 15) is 4.39 Å². The van der Waals surface area contributed by atoms with Gasteiger partial charge in [-0.15, -0.1) is 0 Å². The van der Waals surface area contributed by atoms with E-state index in [0.717, 1.165) is 23.8 Å². The number of nitrogen functional groups attached to an aromatic ring is 1. The lowest BCUT2D eigenvalue weighted by Crippen LogP contribution is -1.91. The minimum Gasteiger partial charge on any atom is -0.399 e. The molecular formula is C18H14FN. The average Bonchev–Trinajstić information content (AvgIpc) is 2.88. The number of aryl methyl sites for hydroxylation is 2. The molecule has 4 rings (SSSR count). The monoisotopic (exact) mass is 263 g/mol. The van der Waals surface area contributed by atoms with Crippen LogP contribution in [-0.2, 0) is 12.8 Å². The number of hydrogen-bond acceptors (Lipinski definition) is 1. The highest BCUT2D eigenvalue weighted by atomic mass is 19.1. The Balaban J connectivity index is 2.09. The standard InChI is InChI=1S/C18H14FN/c19-17-9-7-13(20)10-16(17)14-8-6-12-5-4-11-2-1-3-15(14)18(11)12/h1-3,6-10H,4-5,20H2. The molecule has 0 saturated carbocycles. The molecule has 1 aliphatic rings. The highest BCUT2D eigenvalue weighted by molar-refractivity contribution is 6.01. The molecule has 2 heteroatoms. The van der Waals surface area contributed by atoms with Gasteiger partial charge in [0.25, 0.3) is 0 Å². The molecule has 0 unspecified atom stereocenters. The summed E-state index contributed by atoms with van der Waals surface area (Å²) in [5.74, 6) is -0.224. The van der Waals surface area contributed by atoms with Crippen molar-refractivity contribution in [2.24, 2.45) is 0 Å². The molecule has 0 radical (unpaired) electrons. The first kappa shape index (κ1) is 11.5. The first-order chi connectivity index (χ1) is 9.74. The van der Waals surface area contributed by atoms with Gasteiger partial charge in [0.1, 0.15) is 5.82 Å². The molecule has 0 aliphatic heterocycles. The van der Waals surface area contributed by atoms with Crippen LogP contribution >= 0.6 is 0 Å². The topological polar surface area (TPSA) is 26.0 Å². The van der Waals surface area contributed by atoms with Gasteiger partial charge in [-0.2, -0.15) is 0 Å². The highest BCUT2D eigenvalue weighted by Crippen LogP contribution is 2.38. The van der Waals surface area contributed by atoms with E-state index < -0.39 is 0 Å². The lowest BCUT2D eigenvalue weighted by molar-refractivity contribution is 0.631. The Morgan fingerprint density at radius 3 is 2.50 bits per heavy atom. The first-order valence-electron chi connectivity index (χ1n) is 6.83. The van der Waals surface area contributed by atoms with E-state index in [1.165, 1.54) is 22.6 Å². The van der Waals surface area contributed by atoms with Gasteiger partial charge in [0.05, 0.1) is 0 Å².